The molecule has 0 heterocycles. The Balaban J connectivity index is 2.24. The largest absolute Gasteiger partial charge is 0.411 e. The summed E-state index contributed by atoms with van der Waals surface area (Å²) in [5.74, 6) is 0. The van der Waals surface area contributed by atoms with Crippen LogP contribution in [0, 0.1) is 0 Å². The molecule has 2 amide bonds. The summed E-state index contributed by atoms with van der Waals surface area (Å²) in [7, 11) is 0. The first-order chi connectivity index (χ1) is 10.7. The van der Waals surface area contributed by atoms with Crippen LogP contribution < -0.4 is 10.6 Å². The molecule has 9 heteroatoms. The van der Waals surface area contributed by atoms with Crippen LogP contribution in [-0.4, -0.2) is 32.0 Å². The third-order valence-corrected chi connectivity index (χ3v) is 3.55. The normalized spacial score (nSPS) is 12.8. The molecule has 0 bridgehead atoms. The van der Waals surface area contributed by atoms with Crippen molar-refractivity contribution >= 4 is 29.2 Å². The van der Waals surface area contributed by atoms with E-state index in [0.717, 1.165) is 5.56 Å². The van der Waals surface area contributed by atoms with Crippen LogP contribution in [0.4, 0.5) is 18.0 Å². The summed E-state index contributed by atoms with van der Waals surface area (Å²) in [5, 5.41) is 6.03. The molecular formula is C14H17Cl2F3N2O2. The summed E-state index contributed by atoms with van der Waals surface area (Å²) in [6, 6.07) is 4.29. The second-order valence-electron chi connectivity index (χ2n) is 4.82. The van der Waals surface area contributed by atoms with Crippen LogP contribution in [0.15, 0.2) is 18.2 Å². The van der Waals surface area contributed by atoms with E-state index in [9.17, 15) is 18.0 Å². The summed E-state index contributed by atoms with van der Waals surface area (Å²) < 4.78 is 39.9. The third kappa shape index (κ3) is 8.29. The quantitative estimate of drug-likeness (QED) is 0.700. The fourth-order valence-electron chi connectivity index (χ4n) is 1.68. The number of hydrogen-bond acceptors (Lipinski definition) is 2. The van der Waals surface area contributed by atoms with Gasteiger partial charge < -0.3 is 15.4 Å². The van der Waals surface area contributed by atoms with E-state index >= 15 is 0 Å². The van der Waals surface area contributed by atoms with Crippen LogP contribution in [0.3, 0.4) is 0 Å². The number of carbonyl (C=O) groups excluding carboxylic acids is 1. The molecule has 0 aliphatic rings. The third-order valence-electron chi connectivity index (χ3n) is 2.81. The first kappa shape index (κ1) is 19.9. The minimum atomic E-state index is -4.33. The Labute approximate surface area is 142 Å². The van der Waals surface area contributed by atoms with E-state index in [1.165, 1.54) is 0 Å². The first-order valence-corrected chi connectivity index (χ1v) is 7.58. The van der Waals surface area contributed by atoms with Crippen molar-refractivity contribution in [3.8, 4) is 0 Å². The van der Waals surface area contributed by atoms with Crippen molar-refractivity contribution in [2.24, 2.45) is 0 Å². The Morgan fingerprint density at radius 3 is 2.61 bits per heavy atom. The average Bonchev–Trinajstić information content (AvgIpc) is 2.44. The molecule has 130 valence electrons. The first-order valence-electron chi connectivity index (χ1n) is 6.83. The Bertz CT molecular complexity index is 527. The fraction of sp³-hybridized carbons (Fsp3) is 0.500. The highest BCUT2D eigenvalue weighted by atomic mass is 35.5. The van der Waals surface area contributed by atoms with E-state index in [4.69, 9.17) is 23.2 Å². The number of hydrogen-bond donors (Lipinski definition) is 2. The topological polar surface area (TPSA) is 50.4 Å². The Kier molecular flexibility index (Phi) is 7.94. The van der Waals surface area contributed by atoms with Gasteiger partial charge in [0, 0.05) is 13.2 Å². The fourth-order valence-corrected chi connectivity index (χ4v) is 1.98. The number of nitrogens with one attached hydrogen (secondary N) is 2. The van der Waals surface area contributed by atoms with Gasteiger partial charge in [-0.1, -0.05) is 29.3 Å². The van der Waals surface area contributed by atoms with Crippen LogP contribution in [0.2, 0.25) is 10.0 Å². The summed E-state index contributed by atoms with van der Waals surface area (Å²) in [4.78, 5) is 11.7. The monoisotopic (exact) mass is 372 g/mol. The molecular weight excluding hydrogens is 356 g/mol. The minimum Gasteiger partial charge on any atom is -0.372 e. The van der Waals surface area contributed by atoms with E-state index < -0.39 is 18.8 Å². The maximum atomic E-state index is 11.8. The number of alkyl halides is 3. The number of carbonyl (C=O) groups is 1. The van der Waals surface area contributed by atoms with Crippen LogP contribution in [0.25, 0.3) is 0 Å². The predicted molar refractivity (Wildman–Crippen MR) is 82.9 cm³/mol. The highest BCUT2D eigenvalue weighted by Crippen LogP contribution is 2.25. The molecule has 0 fully saturated rings. The van der Waals surface area contributed by atoms with Crippen LogP contribution in [-0.2, 0) is 4.74 Å². The molecule has 0 saturated heterocycles. The van der Waals surface area contributed by atoms with E-state index in [0.29, 0.717) is 10.0 Å². The van der Waals surface area contributed by atoms with Gasteiger partial charge in [-0.25, -0.2) is 4.79 Å². The van der Waals surface area contributed by atoms with E-state index in [-0.39, 0.29) is 25.6 Å². The summed E-state index contributed by atoms with van der Waals surface area (Å²) in [6.45, 7) is 0.610. The molecule has 0 saturated carbocycles. The van der Waals surface area contributed by atoms with Crippen molar-refractivity contribution in [3.63, 3.8) is 0 Å². The second-order valence-corrected chi connectivity index (χ2v) is 5.63. The smallest absolute Gasteiger partial charge is 0.372 e. The molecule has 0 aliphatic heterocycles. The highest BCUT2D eigenvalue weighted by molar-refractivity contribution is 6.42. The highest BCUT2D eigenvalue weighted by Gasteiger charge is 2.27. The summed E-state index contributed by atoms with van der Waals surface area (Å²) in [6.07, 6.45) is -4.05. The standard InChI is InChI=1S/C14H17Cl2F3N2O2/c1-9(10-3-4-11(15)12(16)7-10)21-13(22)20-5-2-6-23-8-14(17,18)19/h3-4,7,9H,2,5-6,8H2,1H3,(H2,20,21,22). The van der Waals surface area contributed by atoms with Gasteiger partial charge in [0.15, 0.2) is 0 Å². The average molecular weight is 373 g/mol. The Morgan fingerprint density at radius 1 is 1.30 bits per heavy atom. The van der Waals surface area contributed by atoms with Crippen molar-refractivity contribution in [2.45, 2.75) is 25.6 Å². The lowest BCUT2D eigenvalue weighted by molar-refractivity contribution is -0.173. The number of benzene rings is 1. The molecule has 1 aromatic rings. The van der Waals surface area contributed by atoms with Gasteiger partial charge in [0.1, 0.15) is 6.61 Å². The van der Waals surface area contributed by atoms with Gasteiger partial charge in [-0.05, 0) is 31.0 Å². The SMILES string of the molecule is CC(NC(=O)NCCCOCC(F)(F)F)c1ccc(Cl)c(Cl)c1. The number of urea groups is 1. The molecule has 0 radical (unpaired) electrons. The lowest BCUT2D eigenvalue weighted by atomic mass is 10.1. The van der Waals surface area contributed by atoms with Gasteiger partial charge in [-0.3, -0.25) is 0 Å². The molecule has 1 unspecified atom stereocenters. The van der Waals surface area contributed by atoms with Crippen molar-refractivity contribution < 1.29 is 22.7 Å². The molecule has 0 spiro atoms. The number of amides is 2. The van der Waals surface area contributed by atoms with E-state index in [2.05, 4.69) is 15.4 Å². The molecule has 0 aliphatic carbocycles. The second kappa shape index (κ2) is 9.20. The van der Waals surface area contributed by atoms with Gasteiger partial charge in [-0.2, -0.15) is 13.2 Å². The van der Waals surface area contributed by atoms with Crippen molar-refractivity contribution in [1.29, 1.82) is 0 Å². The zero-order valence-corrected chi connectivity index (χ0v) is 13.9. The molecule has 4 nitrogen and oxygen atoms in total. The van der Waals surface area contributed by atoms with Crippen molar-refractivity contribution in [3.05, 3.63) is 33.8 Å². The minimum absolute atomic E-state index is 0.0812. The molecule has 23 heavy (non-hydrogen) atoms. The molecule has 1 aromatic carbocycles. The van der Waals surface area contributed by atoms with Gasteiger partial charge in [0.25, 0.3) is 0 Å². The lowest BCUT2D eigenvalue weighted by Crippen LogP contribution is -2.37. The van der Waals surface area contributed by atoms with Crippen LogP contribution in [0.5, 0.6) is 0 Å². The van der Waals surface area contributed by atoms with E-state index in [1.807, 2.05) is 0 Å². The van der Waals surface area contributed by atoms with Gasteiger partial charge in [-0.15, -0.1) is 0 Å². The molecule has 2 N–H and O–H groups in total. The maximum Gasteiger partial charge on any atom is 0.411 e. The summed E-state index contributed by atoms with van der Waals surface area (Å²) in [5.41, 5.74) is 0.781. The van der Waals surface area contributed by atoms with E-state index in [1.54, 1.807) is 25.1 Å². The zero-order chi connectivity index (χ0) is 17.5. The van der Waals surface area contributed by atoms with Crippen LogP contribution >= 0.6 is 23.2 Å². The van der Waals surface area contributed by atoms with Gasteiger partial charge in [0.05, 0.1) is 16.1 Å². The molecule has 1 atom stereocenters. The maximum absolute atomic E-state index is 11.8. The number of rotatable bonds is 7. The number of halogens is 5. The Morgan fingerprint density at radius 2 is 2.00 bits per heavy atom. The summed E-state index contributed by atoms with van der Waals surface area (Å²) >= 11 is 11.7. The zero-order valence-electron chi connectivity index (χ0n) is 12.3. The number of ether oxygens (including phenoxy) is 1. The molecule has 1 rings (SSSR count). The predicted octanol–water partition coefficient (Wildman–Crippen LogP) is 4.32. The van der Waals surface area contributed by atoms with Crippen molar-refractivity contribution in [2.75, 3.05) is 19.8 Å². The molecule has 0 aromatic heterocycles. The van der Waals surface area contributed by atoms with Crippen molar-refractivity contribution in [1.82, 2.24) is 10.6 Å². The van der Waals surface area contributed by atoms with Gasteiger partial charge >= 0.3 is 12.2 Å². The lowest BCUT2D eigenvalue weighted by Gasteiger charge is -2.15. The van der Waals surface area contributed by atoms with Crippen LogP contribution in [0.1, 0.15) is 24.9 Å². The van der Waals surface area contributed by atoms with Gasteiger partial charge in [0.2, 0.25) is 0 Å². The Hall–Kier alpha value is -1.18.